The number of β-amino-alcohol motifs (C(OH)–C–C–N with tert-alkyl or cyclic N) is 1. The molecule has 0 aliphatic carbocycles. The maximum absolute atomic E-state index is 12.8. The molecule has 1 unspecified atom stereocenters. The molecule has 1 aromatic heterocycles. The predicted octanol–water partition coefficient (Wildman–Crippen LogP) is 2.88. The number of rotatable bonds is 1. The van der Waals surface area contributed by atoms with Crippen LogP contribution in [0.25, 0.3) is 22.0 Å². The maximum Gasteiger partial charge on any atom is 0.262 e. The van der Waals surface area contributed by atoms with Gasteiger partial charge in [0.05, 0.1) is 27.2 Å². The summed E-state index contributed by atoms with van der Waals surface area (Å²) in [5.41, 5.74) is 2.13. The normalized spacial score (nSPS) is 19.5. The standard InChI is InChI=1S/C20H16ClN3O4S/c21-16-9-15-14-8-11(20(26)24-7-5-12(25)10-24)3-4-17(14)29(27,28)23-19(15)18-13(16)2-1-6-22-18/h1-4,6,8-9,12,23,25H,5,7,10H2. The number of hydrogen-bond acceptors (Lipinski definition) is 5. The van der Waals surface area contributed by atoms with Gasteiger partial charge in [-0.1, -0.05) is 11.6 Å². The number of fused-ring (bicyclic) bond motifs is 5. The number of hydrogen-bond donors (Lipinski definition) is 2. The minimum Gasteiger partial charge on any atom is -0.391 e. The van der Waals surface area contributed by atoms with Crippen LogP contribution in [0.1, 0.15) is 16.8 Å². The number of aliphatic hydroxyl groups is 1. The molecule has 29 heavy (non-hydrogen) atoms. The Balaban J connectivity index is 1.72. The van der Waals surface area contributed by atoms with Gasteiger partial charge in [-0.2, -0.15) is 0 Å². The van der Waals surface area contributed by atoms with Crippen LogP contribution in [-0.4, -0.2) is 48.5 Å². The second kappa shape index (κ2) is 6.41. The van der Waals surface area contributed by atoms with E-state index in [0.717, 1.165) is 0 Å². The fourth-order valence-electron chi connectivity index (χ4n) is 3.92. The number of carbonyl (C=O) groups is 1. The zero-order valence-electron chi connectivity index (χ0n) is 15.1. The van der Waals surface area contributed by atoms with Crippen LogP contribution in [0.2, 0.25) is 5.02 Å². The summed E-state index contributed by atoms with van der Waals surface area (Å²) >= 11 is 6.43. The Morgan fingerprint density at radius 2 is 2.07 bits per heavy atom. The lowest BCUT2D eigenvalue weighted by atomic mass is 9.98. The summed E-state index contributed by atoms with van der Waals surface area (Å²) in [5.74, 6) is -0.244. The van der Waals surface area contributed by atoms with Crippen molar-refractivity contribution in [2.75, 3.05) is 17.8 Å². The Morgan fingerprint density at radius 3 is 2.83 bits per heavy atom. The van der Waals surface area contributed by atoms with Gasteiger partial charge in [0.15, 0.2) is 0 Å². The van der Waals surface area contributed by atoms with Crippen molar-refractivity contribution >= 4 is 44.1 Å². The van der Waals surface area contributed by atoms with Crippen molar-refractivity contribution in [1.82, 2.24) is 9.88 Å². The van der Waals surface area contributed by atoms with Crippen LogP contribution >= 0.6 is 11.6 Å². The number of sulfonamides is 1. The first kappa shape index (κ1) is 18.4. The number of anilines is 1. The first-order valence-electron chi connectivity index (χ1n) is 9.07. The number of aliphatic hydroxyl groups excluding tert-OH is 1. The quantitative estimate of drug-likeness (QED) is 0.619. The third kappa shape index (κ3) is 2.87. The van der Waals surface area contributed by atoms with Gasteiger partial charge in [-0.3, -0.25) is 14.5 Å². The molecule has 1 fully saturated rings. The van der Waals surface area contributed by atoms with E-state index in [9.17, 15) is 18.3 Å². The van der Waals surface area contributed by atoms with E-state index >= 15 is 0 Å². The highest BCUT2D eigenvalue weighted by atomic mass is 35.5. The van der Waals surface area contributed by atoms with Gasteiger partial charge < -0.3 is 10.0 Å². The lowest BCUT2D eigenvalue weighted by molar-refractivity contribution is 0.0765. The molecule has 1 atom stereocenters. The number of aromatic nitrogens is 1. The van der Waals surface area contributed by atoms with Gasteiger partial charge in [0.25, 0.3) is 15.9 Å². The van der Waals surface area contributed by atoms with Crippen molar-refractivity contribution < 1.29 is 18.3 Å². The van der Waals surface area contributed by atoms with Crippen LogP contribution in [0.5, 0.6) is 0 Å². The molecule has 3 aromatic rings. The van der Waals surface area contributed by atoms with Crippen LogP contribution in [-0.2, 0) is 10.0 Å². The summed E-state index contributed by atoms with van der Waals surface area (Å²) in [6.45, 7) is 0.737. The highest BCUT2D eigenvalue weighted by molar-refractivity contribution is 7.93. The number of carbonyl (C=O) groups excluding carboxylic acids is 1. The smallest absolute Gasteiger partial charge is 0.262 e. The molecule has 7 nitrogen and oxygen atoms in total. The number of amides is 1. The molecule has 0 saturated carbocycles. The van der Waals surface area contributed by atoms with E-state index in [1.165, 1.54) is 12.1 Å². The van der Waals surface area contributed by atoms with E-state index in [1.54, 1.807) is 35.4 Å². The average molecular weight is 430 g/mol. The molecule has 0 radical (unpaired) electrons. The number of nitrogens with one attached hydrogen (secondary N) is 1. The van der Waals surface area contributed by atoms with Crippen molar-refractivity contribution in [2.24, 2.45) is 0 Å². The van der Waals surface area contributed by atoms with E-state index in [1.807, 2.05) is 0 Å². The molecule has 2 aliphatic heterocycles. The fourth-order valence-corrected chi connectivity index (χ4v) is 5.48. The Hall–Kier alpha value is -2.68. The lowest BCUT2D eigenvalue weighted by Crippen LogP contribution is -2.29. The van der Waals surface area contributed by atoms with Crippen LogP contribution in [0.4, 0.5) is 5.69 Å². The number of halogens is 1. The zero-order valence-corrected chi connectivity index (χ0v) is 16.7. The van der Waals surface area contributed by atoms with Crippen molar-refractivity contribution in [3.8, 4) is 11.1 Å². The van der Waals surface area contributed by atoms with Gasteiger partial charge in [-0.25, -0.2) is 8.42 Å². The lowest BCUT2D eigenvalue weighted by Gasteiger charge is -2.24. The molecule has 3 heterocycles. The van der Waals surface area contributed by atoms with Gasteiger partial charge in [-0.05, 0) is 42.8 Å². The van der Waals surface area contributed by atoms with Crippen LogP contribution in [0, 0.1) is 0 Å². The number of pyridine rings is 1. The number of benzene rings is 2. The molecule has 2 N–H and O–H groups in total. The van der Waals surface area contributed by atoms with E-state index in [2.05, 4.69) is 9.71 Å². The maximum atomic E-state index is 12.8. The number of nitrogens with zero attached hydrogens (tertiary/aromatic N) is 2. The Kier molecular flexibility index (Phi) is 4.06. The molecule has 0 bridgehead atoms. The Bertz CT molecular complexity index is 1290. The molecule has 1 saturated heterocycles. The van der Waals surface area contributed by atoms with Crippen LogP contribution in [0.15, 0.2) is 47.5 Å². The van der Waals surface area contributed by atoms with Gasteiger partial charge in [-0.15, -0.1) is 0 Å². The second-order valence-corrected chi connectivity index (χ2v) is 9.25. The number of likely N-dealkylation sites (tertiary alicyclic amines) is 1. The van der Waals surface area contributed by atoms with Crippen LogP contribution in [0.3, 0.4) is 0 Å². The molecule has 9 heteroatoms. The van der Waals surface area contributed by atoms with E-state index in [4.69, 9.17) is 11.6 Å². The Morgan fingerprint density at radius 1 is 1.24 bits per heavy atom. The summed E-state index contributed by atoms with van der Waals surface area (Å²) in [6, 6.07) is 9.69. The molecule has 148 valence electrons. The van der Waals surface area contributed by atoms with Crippen molar-refractivity contribution in [1.29, 1.82) is 0 Å². The van der Waals surface area contributed by atoms with Gasteiger partial charge in [0.1, 0.15) is 0 Å². The molecule has 2 aromatic carbocycles. The largest absolute Gasteiger partial charge is 0.391 e. The minimum absolute atomic E-state index is 0.0781. The molecular formula is C20H16ClN3O4S. The average Bonchev–Trinajstić information content (AvgIpc) is 3.15. The van der Waals surface area contributed by atoms with Crippen molar-refractivity contribution in [2.45, 2.75) is 17.4 Å². The topological polar surface area (TPSA) is 99.6 Å². The fraction of sp³-hybridized carbons (Fsp3) is 0.200. The van der Waals surface area contributed by atoms with E-state index in [-0.39, 0.29) is 17.3 Å². The first-order valence-corrected chi connectivity index (χ1v) is 10.9. The summed E-state index contributed by atoms with van der Waals surface area (Å²) in [7, 11) is -3.83. The van der Waals surface area contributed by atoms with E-state index < -0.39 is 16.1 Å². The first-order chi connectivity index (χ1) is 13.8. The van der Waals surface area contributed by atoms with Gasteiger partial charge in [0.2, 0.25) is 0 Å². The third-order valence-corrected chi connectivity index (χ3v) is 7.06. The molecule has 1 amide bonds. The highest BCUT2D eigenvalue weighted by Crippen LogP contribution is 2.45. The molecule has 2 aliphatic rings. The van der Waals surface area contributed by atoms with Crippen molar-refractivity contribution in [3.63, 3.8) is 0 Å². The second-order valence-electron chi connectivity index (χ2n) is 7.19. The summed E-state index contributed by atoms with van der Waals surface area (Å²) in [4.78, 5) is 18.8. The molecular weight excluding hydrogens is 414 g/mol. The monoisotopic (exact) mass is 429 g/mol. The van der Waals surface area contributed by atoms with Gasteiger partial charge >= 0.3 is 0 Å². The van der Waals surface area contributed by atoms with Crippen molar-refractivity contribution in [3.05, 3.63) is 53.2 Å². The zero-order chi connectivity index (χ0) is 20.3. The SMILES string of the molecule is O=C(c1ccc2c(c1)-c1cc(Cl)c3cccnc3c1NS2(=O)=O)N1CCC(O)C1. The van der Waals surface area contributed by atoms with Gasteiger partial charge in [0, 0.05) is 41.4 Å². The summed E-state index contributed by atoms with van der Waals surface area (Å²) < 4.78 is 28.3. The van der Waals surface area contributed by atoms with E-state index in [0.29, 0.717) is 51.3 Å². The summed E-state index contributed by atoms with van der Waals surface area (Å²) in [5, 5.41) is 10.8. The highest BCUT2D eigenvalue weighted by Gasteiger charge is 2.32. The molecule has 0 spiro atoms. The Labute approximate surface area is 172 Å². The van der Waals surface area contributed by atoms with Crippen LogP contribution < -0.4 is 4.72 Å². The third-order valence-electron chi connectivity index (χ3n) is 5.34. The molecule has 5 rings (SSSR count). The minimum atomic E-state index is -3.83. The summed E-state index contributed by atoms with van der Waals surface area (Å²) in [6.07, 6.45) is 1.57. The predicted molar refractivity (Wildman–Crippen MR) is 110 cm³/mol.